The minimum absolute atomic E-state index is 0.114. The number of pyridine rings is 1. The van der Waals surface area contributed by atoms with Crippen molar-refractivity contribution in [2.45, 2.75) is 65.0 Å². The molecule has 1 aromatic heterocycles. The fourth-order valence-electron chi connectivity index (χ4n) is 5.37. The fraction of sp³-hybridized carbons (Fsp3) is 0.500. The van der Waals surface area contributed by atoms with Gasteiger partial charge in [-0.25, -0.2) is 0 Å². The van der Waals surface area contributed by atoms with E-state index in [1.54, 1.807) is 6.20 Å². The summed E-state index contributed by atoms with van der Waals surface area (Å²) in [6.07, 6.45) is 9.31. The van der Waals surface area contributed by atoms with Gasteiger partial charge in [0.25, 0.3) is 0 Å². The van der Waals surface area contributed by atoms with E-state index in [2.05, 4.69) is 34.3 Å². The molecule has 2 heterocycles. The van der Waals surface area contributed by atoms with Gasteiger partial charge >= 0.3 is 0 Å². The summed E-state index contributed by atoms with van der Waals surface area (Å²) < 4.78 is 6.37. The lowest BCUT2D eigenvalue weighted by molar-refractivity contribution is 0.0976. The van der Waals surface area contributed by atoms with Crippen LogP contribution in [0.15, 0.2) is 48.7 Å². The minimum Gasteiger partial charge on any atom is -0.493 e. The van der Waals surface area contributed by atoms with Gasteiger partial charge in [-0.1, -0.05) is 43.7 Å². The number of carbonyl (C=O) groups is 1. The number of piperidine rings is 1. The molecule has 0 unspecified atom stereocenters. The molecule has 6 heteroatoms. The predicted molar refractivity (Wildman–Crippen MR) is 153 cm³/mol. The number of hydrogen-bond donors (Lipinski definition) is 2. The van der Waals surface area contributed by atoms with Crippen molar-refractivity contribution < 1.29 is 14.6 Å². The number of aliphatic hydroxyl groups excluding tert-OH is 1. The summed E-state index contributed by atoms with van der Waals surface area (Å²) >= 11 is 0. The summed E-state index contributed by atoms with van der Waals surface area (Å²) in [5.41, 5.74) is 4.08. The number of unbranched alkanes of at least 4 members (excludes halogenated alkanes) is 1. The maximum absolute atomic E-state index is 13.2. The summed E-state index contributed by atoms with van der Waals surface area (Å²) in [5.74, 6) is 1.84. The van der Waals surface area contributed by atoms with Crippen molar-refractivity contribution in [1.29, 1.82) is 0 Å². The number of carbonyl (C=O) groups excluding carboxylic acids is 1. The highest BCUT2D eigenvalue weighted by atomic mass is 16.5. The van der Waals surface area contributed by atoms with Crippen LogP contribution in [0.4, 0.5) is 5.69 Å². The lowest BCUT2D eigenvalue weighted by atomic mass is 9.97. The zero-order valence-corrected chi connectivity index (χ0v) is 22.6. The largest absolute Gasteiger partial charge is 0.493 e. The van der Waals surface area contributed by atoms with Crippen LogP contribution in [-0.4, -0.2) is 47.0 Å². The monoisotopic (exact) mass is 515 g/mol. The third kappa shape index (κ3) is 6.72. The number of aliphatic hydroxyl groups is 1. The van der Waals surface area contributed by atoms with Crippen LogP contribution in [0, 0.1) is 11.8 Å². The molecule has 5 rings (SSSR count). The quantitative estimate of drug-likeness (QED) is 0.264. The third-order valence-electron chi connectivity index (χ3n) is 8.01. The number of fused-ring (bicyclic) bond motifs is 1. The van der Waals surface area contributed by atoms with Gasteiger partial charge in [0.1, 0.15) is 5.75 Å². The summed E-state index contributed by atoms with van der Waals surface area (Å²) in [6.45, 7) is 6.82. The lowest BCUT2D eigenvalue weighted by Gasteiger charge is -2.31. The molecule has 202 valence electrons. The van der Waals surface area contributed by atoms with Crippen molar-refractivity contribution in [3.05, 3.63) is 65.4 Å². The van der Waals surface area contributed by atoms with E-state index in [1.807, 2.05) is 30.3 Å². The molecule has 1 aliphatic carbocycles. The van der Waals surface area contributed by atoms with Crippen LogP contribution in [0.1, 0.15) is 73.4 Å². The normalized spacial score (nSPS) is 16.6. The Hall–Kier alpha value is -2.96. The molecule has 6 nitrogen and oxygen atoms in total. The van der Waals surface area contributed by atoms with Crippen molar-refractivity contribution in [2.24, 2.45) is 11.8 Å². The Morgan fingerprint density at radius 1 is 1.11 bits per heavy atom. The molecule has 2 fully saturated rings. The van der Waals surface area contributed by atoms with E-state index >= 15 is 0 Å². The molecule has 2 N–H and O–H groups in total. The number of Topliss-reactive ketones (excluding diaryl/α,β-unsaturated/α-hetero) is 1. The van der Waals surface area contributed by atoms with E-state index < -0.39 is 0 Å². The lowest BCUT2D eigenvalue weighted by Crippen LogP contribution is -2.36. The molecule has 0 amide bonds. The van der Waals surface area contributed by atoms with Crippen molar-refractivity contribution in [2.75, 3.05) is 31.6 Å². The summed E-state index contributed by atoms with van der Waals surface area (Å²) in [6, 6.07) is 14.1. The first kappa shape index (κ1) is 26.6. The topological polar surface area (TPSA) is 74.7 Å². The first-order valence-electron chi connectivity index (χ1n) is 14.4. The van der Waals surface area contributed by atoms with Crippen LogP contribution in [0.2, 0.25) is 0 Å². The third-order valence-corrected chi connectivity index (χ3v) is 8.01. The zero-order chi connectivity index (χ0) is 26.3. The number of ether oxygens (including phenoxy) is 1. The van der Waals surface area contributed by atoms with Crippen LogP contribution >= 0.6 is 0 Å². The molecule has 3 aromatic rings. The molecule has 38 heavy (non-hydrogen) atoms. The highest BCUT2D eigenvalue weighted by molar-refractivity contribution is 6.08. The molecule has 1 saturated carbocycles. The Kier molecular flexibility index (Phi) is 8.92. The van der Waals surface area contributed by atoms with E-state index in [1.165, 1.54) is 19.4 Å². The molecular weight excluding hydrogens is 474 g/mol. The standard InChI is InChI=1S/C32H41N3O3/c1-2-3-13-35-14-11-25(12-15-35)22-38-31-18-27-29(17-26(31)21-36)33-20-28(30(37)16-23-9-10-23)32(27)34-19-24-7-5-4-6-8-24/h4-8,17-18,20,23,25,36H,2-3,9-16,19,21-22H2,1H3,(H,33,34). The van der Waals surface area contributed by atoms with Crippen molar-refractivity contribution in [3.8, 4) is 5.75 Å². The number of likely N-dealkylation sites (tertiary alicyclic amines) is 1. The Labute approximate surface area is 226 Å². The van der Waals surface area contributed by atoms with E-state index in [0.29, 0.717) is 42.7 Å². The maximum atomic E-state index is 13.2. The highest BCUT2D eigenvalue weighted by Crippen LogP contribution is 2.37. The Bertz CT molecular complexity index is 1220. The number of nitrogens with one attached hydrogen (secondary N) is 1. The molecule has 0 radical (unpaired) electrons. The summed E-state index contributed by atoms with van der Waals surface area (Å²) in [4.78, 5) is 20.5. The van der Waals surface area contributed by atoms with E-state index in [-0.39, 0.29) is 12.4 Å². The van der Waals surface area contributed by atoms with Gasteiger partial charge in [0.2, 0.25) is 0 Å². The minimum atomic E-state index is -0.114. The number of benzene rings is 2. The number of nitrogens with zero attached hydrogens (tertiary/aromatic N) is 2. The highest BCUT2D eigenvalue weighted by Gasteiger charge is 2.27. The molecule has 2 aliphatic rings. The molecule has 2 aromatic carbocycles. The second kappa shape index (κ2) is 12.7. The molecular formula is C32H41N3O3. The molecule has 1 saturated heterocycles. The van der Waals surface area contributed by atoms with Crippen LogP contribution in [0.3, 0.4) is 0 Å². The van der Waals surface area contributed by atoms with E-state index in [0.717, 1.165) is 66.5 Å². The average molecular weight is 516 g/mol. The Balaban J connectivity index is 1.38. The van der Waals surface area contributed by atoms with Crippen LogP contribution in [-0.2, 0) is 13.2 Å². The predicted octanol–water partition coefficient (Wildman–Crippen LogP) is 6.21. The van der Waals surface area contributed by atoms with Crippen LogP contribution in [0.5, 0.6) is 5.75 Å². The average Bonchev–Trinajstić information content (AvgIpc) is 3.78. The first-order chi connectivity index (χ1) is 18.6. The summed E-state index contributed by atoms with van der Waals surface area (Å²) in [7, 11) is 0. The smallest absolute Gasteiger partial charge is 0.166 e. The molecule has 1 aliphatic heterocycles. The van der Waals surface area contributed by atoms with Crippen molar-refractivity contribution in [1.82, 2.24) is 9.88 Å². The second-order valence-corrected chi connectivity index (χ2v) is 11.0. The van der Waals surface area contributed by atoms with Gasteiger partial charge in [-0.3, -0.25) is 9.78 Å². The maximum Gasteiger partial charge on any atom is 0.166 e. The van der Waals surface area contributed by atoms with E-state index in [9.17, 15) is 9.90 Å². The zero-order valence-electron chi connectivity index (χ0n) is 22.6. The molecule has 0 atom stereocenters. The van der Waals surface area contributed by atoms with Crippen LogP contribution in [0.25, 0.3) is 10.9 Å². The first-order valence-corrected chi connectivity index (χ1v) is 14.4. The number of rotatable bonds is 13. The van der Waals surface area contributed by atoms with Gasteiger partial charge < -0.3 is 20.1 Å². The summed E-state index contributed by atoms with van der Waals surface area (Å²) in [5, 5.41) is 14.5. The molecule has 0 spiro atoms. The second-order valence-electron chi connectivity index (χ2n) is 11.0. The van der Waals surface area contributed by atoms with Gasteiger partial charge in [-0.15, -0.1) is 0 Å². The number of anilines is 1. The van der Waals surface area contributed by atoms with Gasteiger partial charge in [-0.2, -0.15) is 0 Å². The number of ketones is 1. The fourth-order valence-corrected chi connectivity index (χ4v) is 5.37. The SMILES string of the molecule is CCCCN1CCC(COc2cc3c(NCc4ccccc4)c(C(=O)CC4CC4)cnc3cc2CO)CC1. The molecule has 0 bridgehead atoms. The number of hydrogen-bond acceptors (Lipinski definition) is 6. The van der Waals surface area contributed by atoms with Crippen LogP contribution < -0.4 is 10.1 Å². The van der Waals surface area contributed by atoms with Gasteiger partial charge in [0.15, 0.2) is 5.78 Å². The van der Waals surface area contributed by atoms with Gasteiger partial charge in [0.05, 0.1) is 30.0 Å². The van der Waals surface area contributed by atoms with Gasteiger partial charge in [-0.05, 0) is 81.3 Å². The number of aromatic nitrogens is 1. The van der Waals surface area contributed by atoms with Crippen molar-refractivity contribution in [3.63, 3.8) is 0 Å². The Morgan fingerprint density at radius 2 is 1.89 bits per heavy atom. The Morgan fingerprint density at radius 3 is 2.61 bits per heavy atom. The van der Waals surface area contributed by atoms with Gasteiger partial charge in [0, 0.05) is 30.1 Å². The van der Waals surface area contributed by atoms with E-state index in [4.69, 9.17) is 4.74 Å². The van der Waals surface area contributed by atoms with Crippen molar-refractivity contribution >= 4 is 22.4 Å².